The highest BCUT2D eigenvalue weighted by atomic mass is 16.7. The van der Waals surface area contributed by atoms with Gasteiger partial charge in [0.25, 0.3) is 0 Å². The zero-order valence-electron chi connectivity index (χ0n) is 17.3. The van der Waals surface area contributed by atoms with Crippen LogP contribution in [0.2, 0.25) is 0 Å². The number of ether oxygens (including phenoxy) is 4. The summed E-state index contributed by atoms with van der Waals surface area (Å²) >= 11 is 0. The number of carbonyl (C=O) groups excluding carboxylic acids is 1. The van der Waals surface area contributed by atoms with Gasteiger partial charge in [0.05, 0.1) is 39.7 Å². The average Bonchev–Trinajstić information content (AvgIpc) is 2.76. The lowest BCUT2D eigenvalue weighted by molar-refractivity contribution is 0.0514. The number of benzene rings is 2. The number of fused-ring (bicyclic) bond motifs is 1. The molecule has 2 aromatic rings. The molecule has 7 heteroatoms. The molecule has 0 atom stereocenters. The van der Waals surface area contributed by atoms with E-state index in [0.29, 0.717) is 17.2 Å². The second-order valence-electron chi connectivity index (χ2n) is 6.60. The van der Waals surface area contributed by atoms with Gasteiger partial charge in [-0.25, -0.2) is 4.79 Å². The first kappa shape index (κ1) is 20.5. The summed E-state index contributed by atoms with van der Waals surface area (Å²) in [6, 6.07) is 6.95. The highest BCUT2D eigenvalue weighted by Crippen LogP contribution is 2.38. The van der Waals surface area contributed by atoms with Crippen molar-refractivity contribution in [2.75, 3.05) is 28.4 Å². The van der Waals surface area contributed by atoms with Crippen molar-refractivity contribution in [1.82, 2.24) is 0 Å². The molecule has 1 aliphatic rings. The third kappa shape index (κ3) is 3.99. The first-order chi connectivity index (χ1) is 14.0. The summed E-state index contributed by atoms with van der Waals surface area (Å²) in [5.74, 6) is 1.39. The van der Waals surface area contributed by atoms with Gasteiger partial charge in [-0.05, 0) is 61.6 Å². The maximum Gasteiger partial charge on any atom is 0.366 e. The van der Waals surface area contributed by atoms with Gasteiger partial charge >= 0.3 is 5.97 Å². The molecule has 0 amide bonds. The third-order valence-corrected chi connectivity index (χ3v) is 5.06. The van der Waals surface area contributed by atoms with E-state index in [1.54, 1.807) is 7.11 Å². The van der Waals surface area contributed by atoms with Gasteiger partial charge in [-0.1, -0.05) is 5.16 Å². The Morgan fingerprint density at radius 3 is 2.14 bits per heavy atom. The molecule has 0 radical (unpaired) electrons. The minimum Gasteiger partial charge on any atom is -0.496 e. The maximum absolute atomic E-state index is 12.6. The van der Waals surface area contributed by atoms with Gasteiger partial charge in [-0.2, -0.15) is 0 Å². The molecular formula is C22H25NO6. The Hall–Kier alpha value is -3.22. The Kier molecular flexibility index (Phi) is 6.26. The smallest absolute Gasteiger partial charge is 0.366 e. The monoisotopic (exact) mass is 399 g/mol. The van der Waals surface area contributed by atoms with Crippen LogP contribution in [0.3, 0.4) is 0 Å². The summed E-state index contributed by atoms with van der Waals surface area (Å²) in [4.78, 5) is 17.9. The molecule has 3 rings (SSSR count). The average molecular weight is 399 g/mol. The lowest BCUT2D eigenvalue weighted by Crippen LogP contribution is -2.15. The first-order valence-electron chi connectivity index (χ1n) is 9.29. The summed E-state index contributed by atoms with van der Waals surface area (Å²) in [5.41, 5.74) is 4.27. The Morgan fingerprint density at radius 2 is 1.55 bits per heavy atom. The van der Waals surface area contributed by atoms with Crippen molar-refractivity contribution in [3.8, 4) is 23.0 Å². The molecule has 0 bridgehead atoms. The zero-order valence-corrected chi connectivity index (χ0v) is 17.3. The van der Waals surface area contributed by atoms with E-state index in [1.807, 2.05) is 19.1 Å². The van der Waals surface area contributed by atoms with Crippen molar-refractivity contribution < 1.29 is 28.6 Å². The largest absolute Gasteiger partial charge is 0.496 e. The Labute approximate surface area is 170 Å². The normalized spacial score (nSPS) is 14.2. The molecule has 7 nitrogen and oxygen atoms in total. The fraction of sp³-hybridized carbons (Fsp3) is 0.364. The van der Waals surface area contributed by atoms with Crippen LogP contribution in [0.25, 0.3) is 0 Å². The predicted octanol–water partition coefficient (Wildman–Crippen LogP) is 3.93. The summed E-state index contributed by atoms with van der Waals surface area (Å²) in [6.45, 7) is 2.03. The van der Waals surface area contributed by atoms with Gasteiger partial charge in [0.2, 0.25) is 5.75 Å². The Balaban J connectivity index is 1.88. The molecule has 0 unspecified atom stereocenters. The van der Waals surface area contributed by atoms with E-state index in [9.17, 15) is 4.79 Å². The van der Waals surface area contributed by atoms with Crippen molar-refractivity contribution in [3.05, 3.63) is 46.5 Å². The van der Waals surface area contributed by atoms with Crippen molar-refractivity contribution in [1.29, 1.82) is 0 Å². The van der Waals surface area contributed by atoms with Crippen LogP contribution in [0.5, 0.6) is 23.0 Å². The van der Waals surface area contributed by atoms with E-state index in [1.165, 1.54) is 39.0 Å². The quantitative estimate of drug-likeness (QED) is 0.541. The van der Waals surface area contributed by atoms with E-state index in [2.05, 4.69) is 5.16 Å². The van der Waals surface area contributed by atoms with Gasteiger partial charge in [-0.3, -0.25) is 0 Å². The first-order valence-corrected chi connectivity index (χ1v) is 9.29. The van der Waals surface area contributed by atoms with Crippen molar-refractivity contribution in [2.24, 2.45) is 5.16 Å². The van der Waals surface area contributed by atoms with E-state index >= 15 is 0 Å². The maximum atomic E-state index is 12.6. The number of oxime groups is 1. The van der Waals surface area contributed by atoms with Crippen LogP contribution in [-0.4, -0.2) is 40.1 Å². The van der Waals surface area contributed by atoms with Crippen molar-refractivity contribution in [3.63, 3.8) is 0 Å². The van der Waals surface area contributed by atoms with Crippen LogP contribution in [0, 0.1) is 6.92 Å². The number of methoxy groups -OCH3 is 4. The molecule has 0 saturated carbocycles. The zero-order chi connectivity index (χ0) is 21.0. The van der Waals surface area contributed by atoms with Crippen LogP contribution >= 0.6 is 0 Å². The summed E-state index contributed by atoms with van der Waals surface area (Å²) in [7, 11) is 6.14. The van der Waals surface area contributed by atoms with Crippen molar-refractivity contribution >= 4 is 11.7 Å². The lowest BCUT2D eigenvalue weighted by atomic mass is 9.87. The molecule has 0 aliphatic heterocycles. The Morgan fingerprint density at radius 1 is 0.897 bits per heavy atom. The fourth-order valence-corrected chi connectivity index (χ4v) is 3.56. The van der Waals surface area contributed by atoms with Crippen LogP contribution in [0.1, 0.15) is 39.9 Å². The lowest BCUT2D eigenvalue weighted by Gasteiger charge is -2.21. The van der Waals surface area contributed by atoms with Gasteiger partial charge in [0.1, 0.15) is 5.75 Å². The van der Waals surface area contributed by atoms with E-state index in [0.717, 1.165) is 41.9 Å². The SMILES string of the molecule is COc1ccc2c(c1C)CCC/C2=N/OC(=O)c1cc(OC)c(OC)c(OC)c1. The number of hydrogen-bond donors (Lipinski definition) is 0. The number of hydrogen-bond acceptors (Lipinski definition) is 7. The van der Waals surface area contributed by atoms with Crippen LogP contribution < -0.4 is 18.9 Å². The molecule has 0 saturated heterocycles. The van der Waals surface area contributed by atoms with E-state index < -0.39 is 5.97 Å². The van der Waals surface area contributed by atoms with Crippen LogP contribution in [0.4, 0.5) is 0 Å². The van der Waals surface area contributed by atoms with E-state index in [-0.39, 0.29) is 5.56 Å². The summed E-state index contributed by atoms with van der Waals surface area (Å²) < 4.78 is 21.3. The second kappa shape index (κ2) is 8.86. The fourth-order valence-electron chi connectivity index (χ4n) is 3.56. The molecule has 0 aromatic heterocycles. The van der Waals surface area contributed by atoms with Gasteiger partial charge in [-0.15, -0.1) is 0 Å². The topological polar surface area (TPSA) is 75.6 Å². The molecule has 0 N–H and O–H groups in total. The van der Waals surface area contributed by atoms with Crippen LogP contribution in [-0.2, 0) is 11.3 Å². The predicted molar refractivity (Wildman–Crippen MR) is 109 cm³/mol. The minimum absolute atomic E-state index is 0.255. The van der Waals surface area contributed by atoms with Gasteiger partial charge in [0.15, 0.2) is 11.5 Å². The minimum atomic E-state index is -0.603. The number of carbonyl (C=O) groups is 1. The van der Waals surface area contributed by atoms with Crippen LogP contribution in [0.15, 0.2) is 29.4 Å². The molecule has 0 heterocycles. The highest BCUT2D eigenvalue weighted by Gasteiger charge is 2.22. The molecule has 0 fully saturated rings. The molecular weight excluding hydrogens is 374 g/mol. The summed E-state index contributed by atoms with van der Waals surface area (Å²) in [5, 5.41) is 4.16. The Bertz CT molecular complexity index is 926. The standard InChI is InChI=1S/C22H25NO6/c1-13-15-7-6-8-17(16(15)9-10-18(13)25-2)23-29-22(24)14-11-19(26-3)21(28-5)20(12-14)27-4/h9-12H,6-8H2,1-5H3/b23-17-. The highest BCUT2D eigenvalue weighted by molar-refractivity contribution is 6.03. The molecule has 1 aliphatic carbocycles. The number of nitrogens with zero attached hydrogens (tertiary/aromatic N) is 1. The molecule has 0 spiro atoms. The second-order valence-corrected chi connectivity index (χ2v) is 6.60. The molecule has 29 heavy (non-hydrogen) atoms. The van der Waals surface area contributed by atoms with Crippen molar-refractivity contribution in [2.45, 2.75) is 26.2 Å². The van der Waals surface area contributed by atoms with Gasteiger partial charge in [0, 0.05) is 5.56 Å². The van der Waals surface area contributed by atoms with Gasteiger partial charge < -0.3 is 23.8 Å². The molecule has 154 valence electrons. The molecule has 2 aromatic carbocycles. The third-order valence-electron chi connectivity index (χ3n) is 5.06. The number of rotatable bonds is 6. The van der Waals surface area contributed by atoms with E-state index in [4.69, 9.17) is 23.8 Å². The summed E-state index contributed by atoms with van der Waals surface area (Å²) in [6.07, 6.45) is 2.61.